The molecule has 116 valence electrons. The van der Waals surface area contributed by atoms with Crippen molar-refractivity contribution in [2.24, 2.45) is 5.73 Å². The Morgan fingerprint density at radius 1 is 1.17 bits per heavy atom. The topological polar surface area (TPSA) is 71.9 Å². The second-order valence-corrected chi connectivity index (χ2v) is 5.98. The first kappa shape index (κ1) is 14.6. The van der Waals surface area contributed by atoms with Gasteiger partial charge in [0.15, 0.2) is 5.75 Å². The maximum atomic E-state index is 9.58. The number of nitrogens with zero attached hydrogens (tertiary/aromatic N) is 2. The number of benzene rings is 2. The third kappa shape index (κ3) is 2.18. The third-order valence-corrected chi connectivity index (χ3v) is 4.37. The molecule has 0 aliphatic carbocycles. The summed E-state index contributed by atoms with van der Waals surface area (Å²) >= 11 is 6.14. The van der Waals surface area contributed by atoms with Crippen LogP contribution in [0.4, 0.5) is 0 Å². The fraction of sp³-hybridized carbons (Fsp3) is 0.0526. The molecule has 0 amide bonds. The molecule has 2 N–H and O–H groups in total. The molecule has 1 aliphatic heterocycles. The minimum atomic E-state index is -0.330. The number of aromatic nitrogens is 1. The quantitative estimate of drug-likeness (QED) is 0.727. The minimum Gasteiger partial charge on any atom is -0.438 e. The lowest BCUT2D eigenvalue weighted by Gasteiger charge is -2.27. The van der Waals surface area contributed by atoms with Crippen LogP contribution < -0.4 is 10.5 Å². The van der Waals surface area contributed by atoms with Crippen LogP contribution in [0.2, 0.25) is 5.02 Å². The van der Waals surface area contributed by atoms with E-state index in [2.05, 4.69) is 11.1 Å². The Hall–Kier alpha value is -3.03. The molecule has 2 heterocycles. The summed E-state index contributed by atoms with van der Waals surface area (Å²) in [7, 11) is 0. The van der Waals surface area contributed by atoms with Gasteiger partial charge in [-0.3, -0.25) is 4.98 Å². The van der Waals surface area contributed by atoms with E-state index in [1.54, 1.807) is 12.3 Å². The second-order valence-electron chi connectivity index (χ2n) is 5.54. The lowest BCUT2D eigenvalue weighted by molar-refractivity contribution is 0.397. The molecular formula is C19H12ClN3O. The van der Waals surface area contributed by atoms with Crippen LogP contribution in [-0.4, -0.2) is 4.98 Å². The Bertz CT molecular complexity index is 1040. The summed E-state index contributed by atoms with van der Waals surface area (Å²) in [6, 6.07) is 17.4. The van der Waals surface area contributed by atoms with Gasteiger partial charge >= 0.3 is 0 Å². The Balaban J connectivity index is 2.02. The van der Waals surface area contributed by atoms with Gasteiger partial charge < -0.3 is 10.5 Å². The van der Waals surface area contributed by atoms with E-state index < -0.39 is 0 Å². The van der Waals surface area contributed by atoms with E-state index in [0.29, 0.717) is 16.3 Å². The van der Waals surface area contributed by atoms with Crippen molar-refractivity contribution < 1.29 is 4.74 Å². The summed E-state index contributed by atoms with van der Waals surface area (Å²) < 4.78 is 5.77. The molecular weight excluding hydrogens is 322 g/mol. The van der Waals surface area contributed by atoms with Gasteiger partial charge in [-0.15, -0.1) is 0 Å². The van der Waals surface area contributed by atoms with Gasteiger partial charge in [0.05, 0.1) is 5.92 Å². The molecule has 24 heavy (non-hydrogen) atoms. The van der Waals surface area contributed by atoms with E-state index in [0.717, 1.165) is 22.0 Å². The highest BCUT2D eigenvalue weighted by Crippen LogP contribution is 2.44. The van der Waals surface area contributed by atoms with Crippen molar-refractivity contribution in [3.63, 3.8) is 0 Å². The number of hydrogen-bond donors (Lipinski definition) is 1. The third-order valence-electron chi connectivity index (χ3n) is 4.14. The Morgan fingerprint density at radius 3 is 2.83 bits per heavy atom. The van der Waals surface area contributed by atoms with Gasteiger partial charge in [-0.1, -0.05) is 41.9 Å². The molecule has 5 heteroatoms. The fourth-order valence-corrected chi connectivity index (χ4v) is 3.28. The minimum absolute atomic E-state index is 0.105. The highest BCUT2D eigenvalue weighted by molar-refractivity contribution is 6.30. The number of hydrogen-bond acceptors (Lipinski definition) is 4. The predicted octanol–water partition coefficient (Wildman–Crippen LogP) is 4.11. The van der Waals surface area contributed by atoms with Crippen LogP contribution in [0.25, 0.3) is 10.9 Å². The van der Waals surface area contributed by atoms with Gasteiger partial charge in [-0.05, 0) is 23.8 Å². The zero-order valence-electron chi connectivity index (χ0n) is 12.5. The van der Waals surface area contributed by atoms with Gasteiger partial charge in [0.2, 0.25) is 5.88 Å². The van der Waals surface area contributed by atoms with Gasteiger partial charge in [0.1, 0.15) is 17.2 Å². The van der Waals surface area contributed by atoms with Crippen molar-refractivity contribution in [3.05, 3.63) is 82.3 Å². The van der Waals surface area contributed by atoms with Crippen LogP contribution in [0, 0.1) is 11.3 Å². The number of rotatable bonds is 1. The van der Waals surface area contributed by atoms with Crippen LogP contribution in [-0.2, 0) is 0 Å². The number of fused-ring (bicyclic) bond motifs is 3. The molecule has 0 spiro atoms. The average molecular weight is 334 g/mol. The molecule has 4 nitrogen and oxygen atoms in total. The largest absolute Gasteiger partial charge is 0.438 e. The van der Waals surface area contributed by atoms with Crippen molar-refractivity contribution >= 4 is 22.5 Å². The number of allylic oxidation sites excluding steroid dienone is 1. The van der Waals surface area contributed by atoms with E-state index in [1.165, 1.54) is 0 Å². The number of ether oxygens (including phenoxy) is 1. The molecule has 0 saturated carbocycles. The van der Waals surface area contributed by atoms with Crippen molar-refractivity contribution in [3.8, 4) is 11.8 Å². The van der Waals surface area contributed by atoms with E-state index in [9.17, 15) is 5.26 Å². The first-order valence-electron chi connectivity index (χ1n) is 7.39. The summed E-state index contributed by atoms with van der Waals surface area (Å²) in [6.07, 6.45) is 1.71. The molecule has 2 aromatic carbocycles. The SMILES string of the molecule is N#CC1=C(N)Oc2c(ccc3cccnc23)[C@@H]1c1cccc(Cl)c1. The number of nitriles is 1. The van der Waals surface area contributed by atoms with E-state index >= 15 is 0 Å². The van der Waals surface area contributed by atoms with Crippen molar-refractivity contribution in [2.45, 2.75) is 5.92 Å². The first-order valence-corrected chi connectivity index (χ1v) is 7.77. The zero-order chi connectivity index (χ0) is 16.7. The number of pyridine rings is 1. The Labute approximate surface area is 143 Å². The van der Waals surface area contributed by atoms with E-state index in [4.69, 9.17) is 22.1 Å². The molecule has 0 saturated heterocycles. The Morgan fingerprint density at radius 2 is 2.04 bits per heavy atom. The molecule has 1 atom stereocenters. The van der Waals surface area contributed by atoms with Gasteiger partial charge in [0.25, 0.3) is 0 Å². The first-order chi connectivity index (χ1) is 11.7. The molecule has 1 aromatic heterocycles. The summed E-state index contributed by atoms with van der Waals surface area (Å²) in [5.74, 6) is 0.367. The van der Waals surface area contributed by atoms with Crippen LogP contribution in [0.3, 0.4) is 0 Å². The van der Waals surface area contributed by atoms with Crippen molar-refractivity contribution in [1.82, 2.24) is 4.98 Å². The summed E-state index contributed by atoms with van der Waals surface area (Å²) in [5, 5.41) is 11.1. The fourth-order valence-electron chi connectivity index (χ4n) is 3.08. The monoisotopic (exact) mass is 333 g/mol. The van der Waals surface area contributed by atoms with Crippen LogP contribution in [0.15, 0.2) is 66.2 Å². The lowest BCUT2D eigenvalue weighted by Crippen LogP contribution is -2.21. The Kier molecular flexibility index (Phi) is 3.37. The van der Waals surface area contributed by atoms with Crippen LogP contribution >= 0.6 is 11.6 Å². The van der Waals surface area contributed by atoms with Crippen molar-refractivity contribution in [2.75, 3.05) is 0 Å². The zero-order valence-corrected chi connectivity index (χ0v) is 13.3. The second kappa shape index (κ2) is 5.55. The van der Waals surface area contributed by atoms with E-state index in [1.807, 2.05) is 42.5 Å². The maximum absolute atomic E-state index is 9.58. The molecule has 3 aromatic rings. The maximum Gasteiger partial charge on any atom is 0.205 e. The molecule has 0 fully saturated rings. The van der Waals surface area contributed by atoms with Gasteiger partial charge in [-0.25, -0.2) is 0 Å². The predicted molar refractivity (Wildman–Crippen MR) is 92.5 cm³/mol. The highest BCUT2D eigenvalue weighted by Gasteiger charge is 2.32. The smallest absolute Gasteiger partial charge is 0.205 e. The molecule has 1 aliphatic rings. The van der Waals surface area contributed by atoms with E-state index in [-0.39, 0.29) is 11.8 Å². The summed E-state index contributed by atoms with van der Waals surface area (Å²) in [4.78, 5) is 4.41. The highest BCUT2D eigenvalue weighted by atomic mass is 35.5. The summed E-state index contributed by atoms with van der Waals surface area (Å²) in [6.45, 7) is 0. The molecule has 0 radical (unpaired) electrons. The number of halogens is 1. The molecule has 0 unspecified atom stereocenters. The van der Waals surface area contributed by atoms with Crippen LogP contribution in [0.1, 0.15) is 17.0 Å². The lowest BCUT2D eigenvalue weighted by atomic mass is 9.83. The molecule has 0 bridgehead atoms. The normalized spacial score (nSPS) is 16.4. The average Bonchev–Trinajstić information content (AvgIpc) is 2.60. The van der Waals surface area contributed by atoms with Crippen LogP contribution in [0.5, 0.6) is 5.75 Å². The standard InChI is InChI=1S/C19H12ClN3O/c20-13-5-1-3-12(9-13)16-14-7-6-11-4-2-8-23-17(11)18(14)24-19(22)15(16)10-21/h1-9,16H,22H2/t16-/m0/s1. The summed E-state index contributed by atoms with van der Waals surface area (Å²) in [5.41, 5.74) is 8.88. The van der Waals surface area contributed by atoms with Gasteiger partial charge in [-0.2, -0.15) is 5.26 Å². The van der Waals surface area contributed by atoms with Crippen molar-refractivity contribution in [1.29, 1.82) is 5.26 Å². The van der Waals surface area contributed by atoms with Gasteiger partial charge in [0, 0.05) is 22.2 Å². The molecule has 4 rings (SSSR count). The number of nitrogens with two attached hydrogens (primary N) is 1.